The molecule has 0 saturated carbocycles. The van der Waals surface area contributed by atoms with Crippen molar-refractivity contribution >= 4 is 5.71 Å². The molecule has 4 nitrogen and oxygen atoms in total. The molecule has 1 N–H and O–H groups in total. The lowest BCUT2D eigenvalue weighted by Gasteiger charge is -2.14. The van der Waals surface area contributed by atoms with E-state index in [1.165, 1.54) is 12.1 Å². The number of alkyl halides is 3. The summed E-state index contributed by atoms with van der Waals surface area (Å²) in [4.78, 5) is 7.38. The monoisotopic (exact) mass is 349 g/mol. The van der Waals surface area contributed by atoms with Crippen LogP contribution in [0.5, 0.6) is 5.88 Å². The molecule has 2 aromatic heterocycles. The normalized spacial score (nSPS) is 13.0. The first kappa shape index (κ1) is 18.6. The van der Waals surface area contributed by atoms with Crippen LogP contribution in [0.1, 0.15) is 31.0 Å². The summed E-state index contributed by atoms with van der Waals surface area (Å²) in [6.07, 6.45) is 2.46. The van der Waals surface area contributed by atoms with Gasteiger partial charge in [-0.05, 0) is 36.8 Å². The van der Waals surface area contributed by atoms with Crippen LogP contribution in [0.4, 0.5) is 13.2 Å². The molecule has 1 atom stereocenters. The maximum atomic E-state index is 12.7. The molecular formula is C18H18F3N3O. The molecular weight excluding hydrogens is 331 g/mol. The zero-order valence-corrected chi connectivity index (χ0v) is 13.6. The van der Waals surface area contributed by atoms with Gasteiger partial charge in [-0.25, -0.2) is 4.98 Å². The molecule has 1 unspecified atom stereocenters. The molecule has 0 aliphatic rings. The van der Waals surface area contributed by atoms with Crippen LogP contribution in [0.2, 0.25) is 0 Å². The van der Waals surface area contributed by atoms with Crippen molar-refractivity contribution in [1.29, 1.82) is 5.41 Å². The van der Waals surface area contributed by atoms with Crippen LogP contribution in [-0.4, -0.2) is 21.8 Å². The Morgan fingerprint density at radius 3 is 2.68 bits per heavy atom. The maximum Gasteiger partial charge on any atom is 0.433 e. The molecule has 2 aromatic rings. The van der Waals surface area contributed by atoms with Gasteiger partial charge in [0.1, 0.15) is 11.8 Å². The molecule has 0 spiro atoms. The van der Waals surface area contributed by atoms with Crippen molar-refractivity contribution in [2.24, 2.45) is 0 Å². The lowest BCUT2D eigenvalue weighted by Crippen LogP contribution is -2.14. The zero-order chi connectivity index (χ0) is 18.3. The number of allylic oxidation sites excluding steroid dienone is 1. The molecule has 0 aromatic carbocycles. The van der Waals surface area contributed by atoms with E-state index in [-0.39, 0.29) is 17.4 Å². The number of nitrogens with zero attached hydrogens (tertiary/aromatic N) is 2. The Morgan fingerprint density at radius 1 is 1.24 bits per heavy atom. The third kappa shape index (κ3) is 5.70. The molecule has 0 aliphatic carbocycles. The molecule has 0 fully saturated rings. The van der Waals surface area contributed by atoms with E-state index in [9.17, 15) is 13.2 Å². The van der Waals surface area contributed by atoms with E-state index in [4.69, 9.17) is 10.1 Å². The van der Waals surface area contributed by atoms with Gasteiger partial charge in [0.15, 0.2) is 0 Å². The van der Waals surface area contributed by atoms with Gasteiger partial charge in [-0.3, -0.25) is 4.98 Å². The van der Waals surface area contributed by atoms with Gasteiger partial charge >= 0.3 is 6.18 Å². The van der Waals surface area contributed by atoms with E-state index >= 15 is 0 Å². The second kappa shape index (κ2) is 8.41. The van der Waals surface area contributed by atoms with Gasteiger partial charge in [-0.1, -0.05) is 19.4 Å². The van der Waals surface area contributed by atoms with Crippen LogP contribution >= 0.6 is 0 Å². The number of nitrogens with one attached hydrogen (secondary N) is 1. The minimum Gasteiger partial charge on any atom is -0.470 e. The van der Waals surface area contributed by atoms with Crippen molar-refractivity contribution < 1.29 is 17.9 Å². The van der Waals surface area contributed by atoms with Gasteiger partial charge in [0, 0.05) is 24.0 Å². The van der Waals surface area contributed by atoms with E-state index in [0.29, 0.717) is 12.3 Å². The molecule has 0 aliphatic heterocycles. The predicted molar refractivity (Wildman–Crippen MR) is 88.8 cm³/mol. The molecule has 0 radical (unpaired) electrons. The van der Waals surface area contributed by atoms with Gasteiger partial charge in [0.25, 0.3) is 0 Å². The number of halogens is 3. The Bertz CT molecular complexity index is 730. The van der Waals surface area contributed by atoms with Gasteiger partial charge < -0.3 is 10.1 Å². The number of hydrogen-bond donors (Lipinski definition) is 1. The summed E-state index contributed by atoms with van der Waals surface area (Å²) >= 11 is 0. The number of aromatic nitrogens is 2. The van der Waals surface area contributed by atoms with E-state index < -0.39 is 11.9 Å². The first-order valence-corrected chi connectivity index (χ1v) is 7.78. The van der Waals surface area contributed by atoms with E-state index in [1.54, 1.807) is 30.5 Å². The molecule has 0 bridgehead atoms. The molecule has 2 heterocycles. The number of hydrogen-bond acceptors (Lipinski definition) is 4. The van der Waals surface area contributed by atoms with Gasteiger partial charge in [-0.2, -0.15) is 13.2 Å². The number of pyridine rings is 2. The van der Waals surface area contributed by atoms with E-state index in [2.05, 4.69) is 9.97 Å². The lowest BCUT2D eigenvalue weighted by atomic mass is 10.1. The standard InChI is InChI=1S/C18H18F3N3O/c1-2-5-14(25-17-6-3-4-10-24-17)7-8-15(22)13-9-11-23-16(12-13)18(19,20)21/h3-4,6-12,14,22H,2,5H2,1H3. The highest BCUT2D eigenvalue weighted by atomic mass is 19.4. The minimum atomic E-state index is -4.53. The molecule has 2 rings (SSSR count). The molecule has 0 amide bonds. The Labute approximate surface area is 143 Å². The Hall–Kier alpha value is -2.70. The summed E-state index contributed by atoms with van der Waals surface area (Å²) < 4.78 is 43.9. The van der Waals surface area contributed by atoms with Crippen molar-refractivity contribution in [3.8, 4) is 5.88 Å². The van der Waals surface area contributed by atoms with Crippen LogP contribution in [0.3, 0.4) is 0 Å². The lowest BCUT2D eigenvalue weighted by molar-refractivity contribution is -0.141. The Balaban J connectivity index is 2.11. The minimum absolute atomic E-state index is 0.0429. The largest absolute Gasteiger partial charge is 0.470 e. The summed E-state index contributed by atoms with van der Waals surface area (Å²) in [5, 5.41) is 7.98. The van der Waals surface area contributed by atoms with Crippen LogP contribution < -0.4 is 4.74 Å². The smallest absolute Gasteiger partial charge is 0.433 e. The average molecular weight is 349 g/mol. The third-order valence-corrected chi connectivity index (χ3v) is 3.32. The SMILES string of the molecule is CCCC(C=CC(=N)c1ccnc(C(F)(F)F)c1)Oc1ccccn1. The number of rotatable bonds is 7. The molecule has 132 valence electrons. The summed E-state index contributed by atoms with van der Waals surface area (Å²) in [6, 6.07) is 7.53. The topological polar surface area (TPSA) is 58.9 Å². The average Bonchev–Trinajstić information content (AvgIpc) is 2.60. The van der Waals surface area contributed by atoms with Crippen LogP contribution in [0.15, 0.2) is 54.9 Å². The van der Waals surface area contributed by atoms with Gasteiger partial charge in [-0.15, -0.1) is 0 Å². The van der Waals surface area contributed by atoms with E-state index in [0.717, 1.165) is 18.7 Å². The second-order valence-corrected chi connectivity index (χ2v) is 5.31. The predicted octanol–water partition coefficient (Wildman–Crippen LogP) is 4.67. The highest BCUT2D eigenvalue weighted by Gasteiger charge is 2.32. The van der Waals surface area contributed by atoms with Crippen molar-refractivity contribution in [3.63, 3.8) is 0 Å². The maximum absolute atomic E-state index is 12.7. The first-order valence-electron chi connectivity index (χ1n) is 7.78. The highest BCUT2D eigenvalue weighted by molar-refractivity contribution is 6.06. The fraction of sp³-hybridized carbons (Fsp3) is 0.278. The van der Waals surface area contributed by atoms with Crippen molar-refractivity contribution in [2.75, 3.05) is 0 Å². The van der Waals surface area contributed by atoms with Crippen molar-refractivity contribution in [1.82, 2.24) is 9.97 Å². The first-order chi connectivity index (χ1) is 11.9. The second-order valence-electron chi connectivity index (χ2n) is 5.31. The Kier molecular flexibility index (Phi) is 6.27. The van der Waals surface area contributed by atoms with Crippen molar-refractivity contribution in [3.05, 3.63) is 66.1 Å². The van der Waals surface area contributed by atoms with Crippen LogP contribution in [0, 0.1) is 5.41 Å². The van der Waals surface area contributed by atoms with E-state index in [1.807, 2.05) is 6.92 Å². The highest BCUT2D eigenvalue weighted by Crippen LogP contribution is 2.27. The van der Waals surface area contributed by atoms with Gasteiger partial charge in [0.05, 0.1) is 5.71 Å². The third-order valence-electron chi connectivity index (χ3n) is 3.32. The summed E-state index contributed by atoms with van der Waals surface area (Å²) in [5.74, 6) is 0.459. The fourth-order valence-electron chi connectivity index (χ4n) is 2.10. The molecule has 7 heteroatoms. The Morgan fingerprint density at radius 2 is 2.04 bits per heavy atom. The summed E-state index contributed by atoms with van der Waals surface area (Å²) in [5.41, 5.74) is -0.914. The zero-order valence-electron chi connectivity index (χ0n) is 13.6. The summed E-state index contributed by atoms with van der Waals surface area (Å²) in [6.45, 7) is 1.99. The molecule has 0 saturated heterocycles. The van der Waals surface area contributed by atoms with Crippen LogP contribution in [-0.2, 0) is 6.18 Å². The molecule has 25 heavy (non-hydrogen) atoms. The number of ether oxygens (including phenoxy) is 1. The van der Waals surface area contributed by atoms with Gasteiger partial charge in [0.2, 0.25) is 5.88 Å². The summed E-state index contributed by atoms with van der Waals surface area (Å²) in [7, 11) is 0. The van der Waals surface area contributed by atoms with Crippen LogP contribution in [0.25, 0.3) is 0 Å². The quantitative estimate of drug-likeness (QED) is 0.739. The fourth-order valence-corrected chi connectivity index (χ4v) is 2.10. The van der Waals surface area contributed by atoms with Crippen molar-refractivity contribution in [2.45, 2.75) is 32.0 Å².